The SMILES string of the molecule is CS(=O)(=O)N1C[C@@H](C(=O)NC2CC2)Oc2ccc(Cl)cc21. The van der Waals surface area contributed by atoms with Gasteiger partial charge in [-0.3, -0.25) is 9.10 Å². The summed E-state index contributed by atoms with van der Waals surface area (Å²) in [6.45, 7) is -0.0509. The summed E-state index contributed by atoms with van der Waals surface area (Å²) < 4.78 is 30.7. The number of hydrogen-bond acceptors (Lipinski definition) is 4. The van der Waals surface area contributed by atoms with Crippen molar-refractivity contribution < 1.29 is 17.9 Å². The number of rotatable bonds is 3. The van der Waals surface area contributed by atoms with Crippen LogP contribution in [0.25, 0.3) is 0 Å². The minimum atomic E-state index is -3.52. The van der Waals surface area contributed by atoms with Crippen LogP contribution in [0.4, 0.5) is 5.69 Å². The lowest BCUT2D eigenvalue weighted by molar-refractivity contribution is -0.127. The molecule has 6 nitrogen and oxygen atoms in total. The van der Waals surface area contributed by atoms with Crippen LogP contribution in [-0.4, -0.2) is 39.3 Å². The Kier molecular flexibility index (Phi) is 3.49. The Morgan fingerprint density at radius 2 is 2.14 bits per heavy atom. The summed E-state index contributed by atoms with van der Waals surface area (Å²) in [4.78, 5) is 12.1. The monoisotopic (exact) mass is 330 g/mol. The zero-order valence-corrected chi connectivity index (χ0v) is 12.9. The number of sulfonamides is 1. The van der Waals surface area contributed by atoms with E-state index >= 15 is 0 Å². The van der Waals surface area contributed by atoms with Crippen molar-refractivity contribution >= 4 is 33.2 Å². The fourth-order valence-corrected chi connectivity index (χ4v) is 3.27. The Morgan fingerprint density at radius 1 is 1.43 bits per heavy atom. The minimum Gasteiger partial charge on any atom is -0.476 e. The smallest absolute Gasteiger partial charge is 0.263 e. The van der Waals surface area contributed by atoms with Crippen LogP contribution in [0.1, 0.15) is 12.8 Å². The zero-order valence-electron chi connectivity index (χ0n) is 11.4. The lowest BCUT2D eigenvalue weighted by atomic mass is 10.2. The van der Waals surface area contributed by atoms with Crippen molar-refractivity contribution in [3.63, 3.8) is 0 Å². The van der Waals surface area contributed by atoms with Crippen molar-refractivity contribution in [2.45, 2.75) is 25.0 Å². The average Bonchev–Trinajstić information content (AvgIpc) is 3.20. The lowest BCUT2D eigenvalue weighted by Crippen LogP contribution is -2.50. The number of halogens is 1. The molecule has 1 N–H and O–H groups in total. The highest BCUT2D eigenvalue weighted by molar-refractivity contribution is 7.92. The van der Waals surface area contributed by atoms with E-state index in [0.29, 0.717) is 16.5 Å². The molecule has 1 amide bonds. The van der Waals surface area contributed by atoms with Crippen molar-refractivity contribution in [2.24, 2.45) is 0 Å². The van der Waals surface area contributed by atoms with Crippen molar-refractivity contribution in [1.29, 1.82) is 0 Å². The summed E-state index contributed by atoms with van der Waals surface area (Å²) in [5.41, 5.74) is 0.362. The van der Waals surface area contributed by atoms with Gasteiger partial charge in [0.15, 0.2) is 6.10 Å². The van der Waals surface area contributed by atoms with Crippen LogP contribution >= 0.6 is 11.6 Å². The summed E-state index contributed by atoms with van der Waals surface area (Å²) >= 11 is 5.91. The molecule has 1 saturated carbocycles. The molecule has 3 rings (SSSR count). The first-order valence-electron chi connectivity index (χ1n) is 6.59. The minimum absolute atomic E-state index is 0.0509. The fourth-order valence-electron chi connectivity index (χ4n) is 2.20. The van der Waals surface area contributed by atoms with E-state index in [2.05, 4.69) is 5.32 Å². The fraction of sp³-hybridized carbons (Fsp3) is 0.462. The summed E-state index contributed by atoms with van der Waals surface area (Å²) in [6.07, 6.45) is 2.16. The maximum Gasteiger partial charge on any atom is 0.263 e. The topological polar surface area (TPSA) is 75.7 Å². The Labute approximate surface area is 128 Å². The summed E-state index contributed by atoms with van der Waals surface area (Å²) in [6, 6.07) is 4.89. The molecule has 1 aliphatic heterocycles. The first kappa shape index (κ1) is 14.5. The Bertz CT molecular complexity index is 687. The molecule has 2 aliphatic rings. The molecule has 1 aromatic rings. The van der Waals surface area contributed by atoms with Gasteiger partial charge < -0.3 is 10.1 Å². The van der Waals surface area contributed by atoms with Crippen LogP contribution < -0.4 is 14.4 Å². The number of nitrogens with one attached hydrogen (secondary N) is 1. The van der Waals surface area contributed by atoms with Crippen LogP contribution in [0.3, 0.4) is 0 Å². The quantitative estimate of drug-likeness (QED) is 0.902. The second-order valence-corrected chi connectivity index (χ2v) is 7.64. The van der Waals surface area contributed by atoms with Gasteiger partial charge in [-0.05, 0) is 31.0 Å². The van der Waals surface area contributed by atoms with Crippen molar-refractivity contribution in [1.82, 2.24) is 5.32 Å². The average molecular weight is 331 g/mol. The van der Waals surface area contributed by atoms with Crippen LogP contribution in [-0.2, 0) is 14.8 Å². The Morgan fingerprint density at radius 3 is 2.76 bits per heavy atom. The van der Waals surface area contributed by atoms with E-state index in [1.807, 2.05) is 0 Å². The highest BCUT2D eigenvalue weighted by Crippen LogP contribution is 2.37. The molecule has 1 aromatic carbocycles. The van der Waals surface area contributed by atoms with Crippen LogP contribution in [0, 0.1) is 0 Å². The molecule has 21 heavy (non-hydrogen) atoms. The van der Waals surface area contributed by atoms with Gasteiger partial charge in [0.1, 0.15) is 5.75 Å². The van der Waals surface area contributed by atoms with Gasteiger partial charge >= 0.3 is 0 Å². The molecular formula is C13H15ClN2O4S. The van der Waals surface area contributed by atoms with Crippen molar-refractivity contribution in [3.05, 3.63) is 23.2 Å². The Hall–Kier alpha value is -1.47. The third-order valence-electron chi connectivity index (χ3n) is 3.41. The number of nitrogens with zero attached hydrogens (tertiary/aromatic N) is 1. The molecule has 0 unspecified atom stereocenters. The third-order valence-corrected chi connectivity index (χ3v) is 4.79. The molecule has 0 bridgehead atoms. The van der Waals surface area contributed by atoms with Gasteiger partial charge in [-0.2, -0.15) is 0 Å². The Balaban J connectivity index is 1.92. The molecule has 1 aliphatic carbocycles. The predicted molar refractivity (Wildman–Crippen MR) is 79.2 cm³/mol. The highest BCUT2D eigenvalue weighted by Gasteiger charge is 2.37. The van der Waals surface area contributed by atoms with E-state index < -0.39 is 16.1 Å². The maximum atomic E-state index is 12.1. The summed E-state index contributed by atoms with van der Waals surface area (Å²) in [7, 11) is -3.52. The van der Waals surface area contributed by atoms with Crippen LogP contribution in [0.15, 0.2) is 18.2 Å². The van der Waals surface area contributed by atoms with E-state index in [4.69, 9.17) is 16.3 Å². The summed E-state index contributed by atoms with van der Waals surface area (Å²) in [5, 5.41) is 3.24. The molecule has 1 atom stereocenters. The normalized spacial score (nSPS) is 21.4. The van der Waals surface area contributed by atoms with E-state index in [1.165, 1.54) is 6.07 Å². The number of ether oxygens (including phenoxy) is 1. The van der Waals surface area contributed by atoms with E-state index in [0.717, 1.165) is 23.4 Å². The number of amides is 1. The van der Waals surface area contributed by atoms with Gasteiger partial charge in [-0.15, -0.1) is 0 Å². The maximum absolute atomic E-state index is 12.1. The van der Waals surface area contributed by atoms with Crippen molar-refractivity contribution in [2.75, 3.05) is 17.1 Å². The number of fused-ring (bicyclic) bond motifs is 1. The molecule has 114 valence electrons. The number of hydrogen-bond donors (Lipinski definition) is 1. The molecule has 0 spiro atoms. The van der Waals surface area contributed by atoms with E-state index in [9.17, 15) is 13.2 Å². The molecule has 0 aromatic heterocycles. The predicted octanol–water partition coefficient (Wildman–Crippen LogP) is 1.15. The number of carbonyl (C=O) groups is 1. The molecule has 8 heteroatoms. The first-order chi connectivity index (χ1) is 9.84. The number of benzene rings is 1. The molecular weight excluding hydrogens is 316 g/mol. The first-order valence-corrected chi connectivity index (χ1v) is 8.81. The third kappa shape index (κ3) is 3.08. The molecule has 1 heterocycles. The van der Waals surface area contributed by atoms with Crippen LogP contribution in [0.2, 0.25) is 5.02 Å². The van der Waals surface area contributed by atoms with E-state index in [1.54, 1.807) is 12.1 Å². The van der Waals surface area contributed by atoms with Gasteiger partial charge in [-0.25, -0.2) is 8.42 Å². The van der Waals surface area contributed by atoms with Gasteiger partial charge in [0.05, 0.1) is 18.5 Å². The van der Waals surface area contributed by atoms with Gasteiger partial charge in [0, 0.05) is 11.1 Å². The van der Waals surface area contributed by atoms with Gasteiger partial charge in [0.25, 0.3) is 5.91 Å². The number of carbonyl (C=O) groups excluding carboxylic acids is 1. The molecule has 1 fully saturated rings. The number of anilines is 1. The zero-order chi connectivity index (χ0) is 15.2. The largest absolute Gasteiger partial charge is 0.476 e. The van der Waals surface area contributed by atoms with E-state index in [-0.39, 0.29) is 18.5 Å². The highest BCUT2D eigenvalue weighted by atomic mass is 35.5. The summed E-state index contributed by atoms with van der Waals surface area (Å²) in [5.74, 6) is 0.0544. The van der Waals surface area contributed by atoms with Gasteiger partial charge in [0.2, 0.25) is 10.0 Å². The van der Waals surface area contributed by atoms with Gasteiger partial charge in [-0.1, -0.05) is 11.6 Å². The van der Waals surface area contributed by atoms with Crippen LogP contribution in [0.5, 0.6) is 5.75 Å². The molecule has 0 saturated heterocycles. The second-order valence-electron chi connectivity index (χ2n) is 5.30. The molecule has 0 radical (unpaired) electrons. The standard InChI is InChI=1S/C13H15ClN2O4S/c1-21(18,19)16-7-12(13(17)15-9-3-4-9)20-11-5-2-8(14)6-10(11)16/h2,5-6,9,12H,3-4,7H2,1H3,(H,15,17)/t12-/m0/s1. The lowest BCUT2D eigenvalue weighted by Gasteiger charge is -2.34. The second kappa shape index (κ2) is 5.06. The van der Waals surface area contributed by atoms with Crippen molar-refractivity contribution in [3.8, 4) is 5.75 Å².